The SMILES string of the molecule is COc1cc(OC)c(NC(=O)CCc2nc(CS(=O)(=O)c3ccc(C)cc3)no2)cc1Cl. The van der Waals surface area contributed by atoms with Crippen molar-refractivity contribution in [2.24, 2.45) is 0 Å². The second kappa shape index (κ2) is 10.0. The summed E-state index contributed by atoms with van der Waals surface area (Å²) in [5.74, 6) is 0.268. The van der Waals surface area contributed by atoms with Crippen LogP contribution in [0.3, 0.4) is 0 Å². The number of hydrogen-bond donors (Lipinski definition) is 1. The van der Waals surface area contributed by atoms with E-state index in [1.807, 2.05) is 6.92 Å². The highest BCUT2D eigenvalue weighted by atomic mass is 35.5. The number of ether oxygens (including phenoxy) is 2. The molecule has 1 N–H and O–H groups in total. The van der Waals surface area contributed by atoms with Gasteiger partial charge in [-0.05, 0) is 25.1 Å². The van der Waals surface area contributed by atoms with Crippen LogP contribution in [-0.2, 0) is 26.8 Å². The van der Waals surface area contributed by atoms with E-state index in [-0.39, 0.29) is 35.4 Å². The predicted molar refractivity (Wildman–Crippen MR) is 118 cm³/mol. The molecule has 1 amide bonds. The largest absolute Gasteiger partial charge is 0.495 e. The number of anilines is 1. The van der Waals surface area contributed by atoms with Gasteiger partial charge in [0.25, 0.3) is 0 Å². The third kappa shape index (κ3) is 5.77. The smallest absolute Gasteiger partial charge is 0.227 e. The summed E-state index contributed by atoms with van der Waals surface area (Å²) in [4.78, 5) is 16.6. The third-order valence-corrected chi connectivity index (χ3v) is 6.45. The fraction of sp³-hybridized carbons (Fsp3) is 0.286. The molecule has 0 saturated heterocycles. The number of rotatable bonds is 9. The Morgan fingerprint density at radius 2 is 1.81 bits per heavy atom. The van der Waals surface area contributed by atoms with Crippen molar-refractivity contribution >= 4 is 33.0 Å². The first-order chi connectivity index (χ1) is 15.2. The Morgan fingerprint density at radius 1 is 1.12 bits per heavy atom. The number of carbonyl (C=O) groups excluding carboxylic acids is 1. The van der Waals surface area contributed by atoms with Gasteiger partial charge in [-0.15, -0.1) is 0 Å². The molecule has 0 aliphatic heterocycles. The van der Waals surface area contributed by atoms with Gasteiger partial charge in [0.05, 0.1) is 29.8 Å². The molecule has 0 aliphatic carbocycles. The van der Waals surface area contributed by atoms with E-state index in [0.717, 1.165) is 5.56 Å². The number of nitrogens with one attached hydrogen (secondary N) is 1. The first kappa shape index (κ1) is 23.6. The van der Waals surface area contributed by atoms with Crippen molar-refractivity contribution in [2.75, 3.05) is 19.5 Å². The van der Waals surface area contributed by atoms with Crippen LogP contribution in [0.15, 0.2) is 45.8 Å². The molecule has 3 rings (SSSR count). The number of benzene rings is 2. The lowest BCUT2D eigenvalue weighted by atomic mass is 10.2. The van der Waals surface area contributed by atoms with Crippen LogP contribution in [0, 0.1) is 6.92 Å². The van der Waals surface area contributed by atoms with Crippen molar-refractivity contribution in [1.82, 2.24) is 10.1 Å². The highest BCUT2D eigenvalue weighted by molar-refractivity contribution is 7.90. The average Bonchev–Trinajstić information content (AvgIpc) is 3.19. The van der Waals surface area contributed by atoms with E-state index in [0.29, 0.717) is 22.2 Å². The van der Waals surface area contributed by atoms with Gasteiger partial charge in [-0.25, -0.2) is 8.42 Å². The second-order valence-corrected chi connectivity index (χ2v) is 9.31. The van der Waals surface area contributed by atoms with Gasteiger partial charge in [0.2, 0.25) is 11.8 Å². The van der Waals surface area contributed by atoms with Crippen LogP contribution < -0.4 is 14.8 Å². The number of halogens is 1. The van der Waals surface area contributed by atoms with Gasteiger partial charge in [0.15, 0.2) is 15.7 Å². The van der Waals surface area contributed by atoms with Crippen molar-refractivity contribution < 1.29 is 27.2 Å². The summed E-state index contributed by atoms with van der Waals surface area (Å²) in [5.41, 5.74) is 1.34. The van der Waals surface area contributed by atoms with Crippen molar-refractivity contribution in [3.05, 3.63) is 58.7 Å². The van der Waals surface area contributed by atoms with E-state index in [1.165, 1.54) is 32.4 Å². The monoisotopic (exact) mass is 479 g/mol. The van der Waals surface area contributed by atoms with Crippen LogP contribution in [-0.4, -0.2) is 38.7 Å². The summed E-state index contributed by atoms with van der Waals surface area (Å²) in [6.45, 7) is 1.87. The van der Waals surface area contributed by atoms with Gasteiger partial charge in [-0.3, -0.25) is 4.79 Å². The van der Waals surface area contributed by atoms with E-state index < -0.39 is 15.6 Å². The van der Waals surface area contributed by atoms with Gasteiger partial charge in [0, 0.05) is 18.9 Å². The quantitative estimate of drug-likeness (QED) is 0.494. The van der Waals surface area contributed by atoms with Crippen LogP contribution in [0.1, 0.15) is 23.7 Å². The van der Waals surface area contributed by atoms with Crippen molar-refractivity contribution in [1.29, 1.82) is 0 Å². The zero-order valence-electron chi connectivity index (χ0n) is 17.7. The molecular weight excluding hydrogens is 458 g/mol. The van der Waals surface area contributed by atoms with Gasteiger partial charge >= 0.3 is 0 Å². The molecule has 0 unspecified atom stereocenters. The highest BCUT2D eigenvalue weighted by Crippen LogP contribution is 2.35. The summed E-state index contributed by atoms with van der Waals surface area (Å²) in [7, 11) is -0.670. The number of carbonyl (C=O) groups is 1. The molecule has 0 saturated carbocycles. The van der Waals surface area contributed by atoms with E-state index in [2.05, 4.69) is 15.5 Å². The summed E-state index contributed by atoms with van der Waals surface area (Å²) in [6.07, 6.45) is 0.161. The van der Waals surface area contributed by atoms with Gasteiger partial charge in [0.1, 0.15) is 17.3 Å². The first-order valence-electron chi connectivity index (χ1n) is 9.54. The minimum atomic E-state index is -3.61. The summed E-state index contributed by atoms with van der Waals surface area (Å²) in [6, 6.07) is 9.61. The van der Waals surface area contributed by atoms with E-state index in [9.17, 15) is 13.2 Å². The minimum Gasteiger partial charge on any atom is -0.495 e. The molecule has 9 nitrogen and oxygen atoms in total. The Bertz CT molecular complexity index is 1210. The van der Waals surface area contributed by atoms with Gasteiger partial charge in [-0.2, -0.15) is 4.98 Å². The summed E-state index contributed by atoms with van der Waals surface area (Å²) in [5, 5.41) is 6.74. The molecular formula is C21H22ClN3O6S. The Hall–Kier alpha value is -3.11. The van der Waals surface area contributed by atoms with Crippen LogP contribution in [0.25, 0.3) is 0 Å². The molecule has 170 valence electrons. The summed E-state index contributed by atoms with van der Waals surface area (Å²) < 4.78 is 40.5. The lowest BCUT2D eigenvalue weighted by Crippen LogP contribution is -2.13. The predicted octanol–water partition coefficient (Wildman–Crippen LogP) is 3.59. The zero-order valence-corrected chi connectivity index (χ0v) is 19.3. The molecule has 32 heavy (non-hydrogen) atoms. The topological polar surface area (TPSA) is 121 Å². The van der Waals surface area contributed by atoms with E-state index >= 15 is 0 Å². The van der Waals surface area contributed by atoms with Crippen LogP contribution in [0.2, 0.25) is 5.02 Å². The zero-order chi connectivity index (χ0) is 23.3. The lowest BCUT2D eigenvalue weighted by Gasteiger charge is -2.12. The molecule has 3 aromatic rings. The molecule has 11 heteroatoms. The van der Waals surface area contributed by atoms with Crippen molar-refractivity contribution in [2.45, 2.75) is 30.4 Å². The number of aryl methyl sites for hydroxylation is 2. The molecule has 0 radical (unpaired) electrons. The first-order valence-corrected chi connectivity index (χ1v) is 11.6. The number of sulfone groups is 1. The third-order valence-electron chi connectivity index (χ3n) is 4.52. The number of amides is 1. The van der Waals surface area contributed by atoms with Crippen LogP contribution >= 0.6 is 11.6 Å². The number of aromatic nitrogens is 2. The fourth-order valence-electron chi connectivity index (χ4n) is 2.84. The van der Waals surface area contributed by atoms with E-state index in [4.69, 9.17) is 25.6 Å². The lowest BCUT2D eigenvalue weighted by molar-refractivity contribution is -0.116. The van der Waals surface area contributed by atoms with Crippen molar-refractivity contribution in [3.8, 4) is 11.5 Å². The molecule has 0 spiro atoms. The maximum atomic E-state index is 12.5. The molecule has 0 fully saturated rings. The molecule has 0 bridgehead atoms. The maximum Gasteiger partial charge on any atom is 0.227 e. The number of hydrogen-bond acceptors (Lipinski definition) is 8. The normalized spacial score (nSPS) is 11.2. The van der Waals surface area contributed by atoms with Crippen LogP contribution in [0.4, 0.5) is 5.69 Å². The van der Waals surface area contributed by atoms with Crippen molar-refractivity contribution in [3.63, 3.8) is 0 Å². The molecule has 1 heterocycles. The Balaban J connectivity index is 1.60. The van der Waals surface area contributed by atoms with Crippen LogP contribution in [0.5, 0.6) is 11.5 Å². The average molecular weight is 480 g/mol. The summed E-state index contributed by atoms with van der Waals surface area (Å²) >= 11 is 6.11. The van der Waals surface area contributed by atoms with Gasteiger partial charge < -0.3 is 19.3 Å². The highest BCUT2D eigenvalue weighted by Gasteiger charge is 2.20. The molecule has 2 aromatic carbocycles. The Kier molecular flexibility index (Phi) is 7.37. The molecule has 0 atom stereocenters. The number of nitrogens with zero attached hydrogens (tertiary/aromatic N) is 2. The minimum absolute atomic E-state index is 0.0269. The Labute approximate surface area is 190 Å². The standard InChI is InChI=1S/C21H22ClN3O6S/c1-13-4-6-14(7-5-13)32(27,28)12-19-24-21(31-25-19)9-8-20(26)23-16-10-15(22)17(29-2)11-18(16)30-3/h4-7,10-11H,8-9,12H2,1-3H3,(H,23,26). The molecule has 1 aromatic heterocycles. The Morgan fingerprint density at radius 3 is 2.47 bits per heavy atom. The number of methoxy groups -OCH3 is 2. The molecule has 0 aliphatic rings. The van der Waals surface area contributed by atoms with Gasteiger partial charge in [-0.1, -0.05) is 34.5 Å². The maximum absolute atomic E-state index is 12.5. The van der Waals surface area contributed by atoms with E-state index in [1.54, 1.807) is 18.2 Å². The fourth-order valence-corrected chi connectivity index (χ4v) is 4.26. The second-order valence-electron chi connectivity index (χ2n) is 6.91.